The van der Waals surface area contributed by atoms with Crippen molar-refractivity contribution < 1.29 is 14.0 Å². The standard InChI is InChI=1S/C11H12FN3O2/c12-9-3-1-2-8(11(9)16)6-13-5-4-10-14-7-17-15-10/h1-3,7,13,16H,4-6H2. The number of aromatic nitrogens is 2. The first-order valence-electron chi connectivity index (χ1n) is 5.19. The topological polar surface area (TPSA) is 71.2 Å². The zero-order valence-electron chi connectivity index (χ0n) is 9.06. The van der Waals surface area contributed by atoms with Crippen molar-refractivity contribution in [2.24, 2.45) is 0 Å². The van der Waals surface area contributed by atoms with Crippen LogP contribution in [0.4, 0.5) is 4.39 Å². The molecule has 0 spiro atoms. The van der Waals surface area contributed by atoms with Gasteiger partial charge in [-0.1, -0.05) is 17.3 Å². The fraction of sp³-hybridized carbons (Fsp3) is 0.273. The first kappa shape index (κ1) is 11.5. The Bertz CT molecular complexity index is 474. The molecule has 1 aromatic carbocycles. The summed E-state index contributed by atoms with van der Waals surface area (Å²) in [6.45, 7) is 1.01. The minimum absolute atomic E-state index is 0.306. The number of halogens is 1. The van der Waals surface area contributed by atoms with Crippen LogP contribution in [0.2, 0.25) is 0 Å². The van der Waals surface area contributed by atoms with Gasteiger partial charge >= 0.3 is 0 Å². The van der Waals surface area contributed by atoms with Crippen molar-refractivity contribution in [2.75, 3.05) is 6.54 Å². The van der Waals surface area contributed by atoms with Gasteiger partial charge in [-0.05, 0) is 6.07 Å². The first-order valence-corrected chi connectivity index (χ1v) is 5.19. The van der Waals surface area contributed by atoms with E-state index < -0.39 is 5.82 Å². The summed E-state index contributed by atoms with van der Waals surface area (Å²) in [4.78, 5) is 3.87. The molecule has 0 aliphatic rings. The molecular weight excluding hydrogens is 225 g/mol. The van der Waals surface area contributed by atoms with Gasteiger partial charge in [0.1, 0.15) is 0 Å². The van der Waals surface area contributed by atoms with Crippen LogP contribution in [0, 0.1) is 5.82 Å². The summed E-state index contributed by atoms with van der Waals surface area (Å²) in [5, 5.41) is 16.1. The molecule has 0 saturated heterocycles. The number of rotatable bonds is 5. The second-order valence-electron chi connectivity index (χ2n) is 3.52. The molecule has 5 nitrogen and oxygen atoms in total. The van der Waals surface area contributed by atoms with Crippen molar-refractivity contribution in [3.63, 3.8) is 0 Å². The highest BCUT2D eigenvalue weighted by atomic mass is 19.1. The maximum atomic E-state index is 13.0. The molecule has 0 fully saturated rings. The highest BCUT2D eigenvalue weighted by Crippen LogP contribution is 2.20. The quantitative estimate of drug-likeness (QED) is 0.766. The molecule has 17 heavy (non-hydrogen) atoms. The molecule has 2 rings (SSSR count). The Labute approximate surface area is 97.3 Å². The van der Waals surface area contributed by atoms with E-state index in [-0.39, 0.29) is 5.75 Å². The van der Waals surface area contributed by atoms with E-state index in [9.17, 15) is 9.50 Å². The molecule has 1 heterocycles. The molecule has 0 atom stereocenters. The molecule has 90 valence electrons. The maximum Gasteiger partial charge on any atom is 0.213 e. The Balaban J connectivity index is 1.80. The largest absolute Gasteiger partial charge is 0.505 e. The lowest BCUT2D eigenvalue weighted by Crippen LogP contribution is -2.17. The summed E-state index contributed by atoms with van der Waals surface area (Å²) in [5.74, 6) is -0.303. The number of para-hydroxylation sites is 1. The lowest BCUT2D eigenvalue weighted by atomic mass is 10.2. The van der Waals surface area contributed by atoms with Gasteiger partial charge in [-0.25, -0.2) is 4.39 Å². The molecule has 0 radical (unpaired) electrons. The van der Waals surface area contributed by atoms with Gasteiger partial charge in [-0.15, -0.1) is 0 Å². The average Bonchev–Trinajstić information content (AvgIpc) is 2.83. The van der Waals surface area contributed by atoms with Crippen LogP contribution in [0.3, 0.4) is 0 Å². The minimum Gasteiger partial charge on any atom is -0.505 e. The van der Waals surface area contributed by atoms with Gasteiger partial charge in [0.2, 0.25) is 6.39 Å². The second-order valence-corrected chi connectivity index (χ2v) is 3.52. The third-order valence-corrected chi connectivity index (χ3v) is 2.32. The predicted molar refractivity (Wildman–Crippen MR) is 57.8 cm³/mol. The van der Waals surface area contributed by atoms with Crippen LogP contribution in [-0.2, 0) is 13.0 Å². The predicted octanol–water partition coefficient (Wildman–Crippen LogP) is 1.25. The van der Waals surface area contributed by atoms with Gasteiger partial charge < -0.3 is 14.9 Å². The van der Waals surface area contributed by atoms with Gasteiger partial charge in [0.25, 0.3) is 0 Å². The van der Waals surface area contributed by atoms with Crippen molar-refractivity contribution in [3.8, 4) is 5.75 Å². The molecule has 0 amide bonds. The fourth-order valence-electron chi connectivity index (χ4n) is 1.43. The first-order chi connectivity index (χ1) is 8.27. The third kappa shape index (κ3) is 3.01. The monoisotopic (exact) mass is 237 g/mol. The van der Waals surface area contributed by atoms with Crippen molar-refractivity contribution in [3.05, 3.63) is 41.8 Å². The van der Waals surface area contributed by atoms with E-state index in [1.165, 1.54) is 12.5 Å². The van der Waals surface area contributed by atoms with Gasteiger partial charge in [0.15, 0.2) is 17.4 Å². The molecule has 0 aliphatic carbocycles. The van der Waals surface area contributed by atoms with Gasteiger partial charge in [-0.3, -0.25) is 0 Å². The Morgan fingerprint density at radius 1 is 1.41 bits per heavy atom. The minimum atomic E-state index is -0.609. The van der Waals surface area contributed by atoms with E-state index in [0.717, 1.165) is 0 Å². The van der Waals surface area contributed by atoms with Crippen LogP contribution < -0.4 is 5.32 Å². The van der Waals surface area contributed by atoms with Crippen LogP contribution in [-0.4, -0.2) is 21.8 Å². The normalized spacial score (nSPS) is 10.6. The molecule has 6 heteroatoms. The van der Waals surface area contributed by atoms with E-state index in [0.29, 0.717) is 30.9 Å². The summed E-state index contributed by atoms with van der Waals surface area (Å²) in [6.07, 6.45) is 1.89. The van der Waals surface area contributed by atoms with Gasteiger partial charge in [0.05, 0.1) is 0 Å². The molecule has 0 aliphatic heterocycles. The van der Waals surface area contributed by atoms with Crippen molar-refractivity contribution in [1.82, 2.24) is 15.5 Å². The van der Waals surface area contributed by atoms with E-state index >= 15 is 0 Å². The van der Waals surface area contributed by atoms with Gasteiger partial charge in [0, 0.05) is 25.1 Å². The highest BCUT2D eigenvalue weighted by Gasteiger charge is 2.05. The van der Waals surface area contributed by atoms with Gasteiger partial charge in [-0.2, -0.15) is 4.98 Å². The zero-order chi connectivity index (χ0) is 12.1. The van der Waals surface area contributed by atoms with E-state index in [4.69, 9.17) is 0 Å². The van der Waals surface area contributed by atoms with E-state index in [1.54, 1.807) is 12.1 Å². The van der Waals surface area contributed by atoms with Crippen molar-refractivity contribution in [1.29, 1.82) is 0 Å². The number of hydrogen-bond donors (Lipinski definition) is 2. The second kappa shape index (κ2) is 5.40. The zero-order valence-corrected chi connectivity index (χ0v) is 9.06. The third-order valence-electron chi connectivity index (χ3n) is 2.32. The Kier molecular flexibility index (Phi) is 3.66. The van der Waals surface area contributed by atoms with Crippen molar-refractivity contribution in [2.45, 2.75) is 13.0 Å². The Morgan fingerprint density at radius 2 is 2.29 bits per heavy atom. The lowest BCUT2D eigenvalue weighted by Gasteiger charge is -2.06. The Morgan fingerprint density at radius 3 is 3.06 bits per heavy atom. The molecule has 2 aromatic rings. The SMILES string of the molecule is Oc1c(F)cccc1CNCCc1ncon1. The summed E-state index contributed by atoms with van der Waals surface area (Å²) >= 11 is 0. The number of aromatic hydroxyl groups is 1. The van der Waals surface area contributed by atoms with Crippen LogP contribution >= 0.6 is 0 Å². The number of phenolic OH excluding ortho intramolecular Hbond substituents is 1. The average molecular weight is 237 g/mol. The summed E-state index contributed by atoms with van der Waals surface area (Å²) in [5.41, 5.74) is 0.526. The van der Waals surface area contributed by atoms with Crippen LogP contribution in [0.1, 0.15) is 11.4 Å². The molecule has 0 saturated carbocycles. The van der Waals surface area contributed by atoms with E-state index in [2.05, 4.69) is 20.0 Å². The summed E-state index contributed by atoms with van der Waals surface area (Å²) in [7, 11) is 0. The number of nitrogens with zero attached hydrogens (tertiary/aromatic N) is 2. The van der Waals surface area contributed by atoms with E-state index in [1.807, 2.05) is 0 Å². The van der Waals surface area contributed by atoms with Crippen LogP contribution in [0.25, 0.3) is 0 Å². The number of hydrogen-bond acceptors (Lipinski definition) is 5. The number of phenols is 1. The summed E-state index contributed by atoms with van der Waals surface area (Å²) in [6, 6.07) is 4.45. The maximum absolute atomic E-state index is 13.0. The molecule has 2 N–H and O–H groups in total. The highest BCUT2D eigenvalue weighted by molar-refractivity contribution is 5.33. The fourth-order valence-corrected chi connectivity index (χ4v) is 1.43. The van der Waals surface area contributed by atoms with Crippen LogP contribution in [0.15, 0.2) is 29.1 Å². The molecule has 0 unspecified atom stereocenters. The molecular formula is C11H12FN3O2. The number of benzene rings is 1. The summed E-state index contributed by atoms with van der Waals surface area (Å²) < 4.78 is 17.6. The van der Waals surface area contributed by atoms with Crippen molar-refractivity contribution >= 4 is 0 Å². The lowest BCUT2D eigenvalue weighted by molar-refractivity contribution is 0.408. The Hall–Kier alpha value is -1.95. The smallest absolute Gasteiger partial charge is 0.213 e. The van der Waals surface area contributed by atoms with Crippen LogP contribution in [0.5, 0.6) is 5.75 Å². The number of nitrogens with one attached hydrogen (secondary N) is 1. The molecule has 0 bridgehead atoms. The molecule has 1 aromatic heterocycles.